The minimum absolute atomic E-state index is 0.190. The van der Waals surface area contributed by atoms with Crippen molar-refractivity contribution in [3.8, 4) is 0 Å². The summed E-state index contributed by atoms with van der Waals surface area (Å²) in [6.07, 6.45) is 0. The summed E-state index contributed by atoms with van der Waals surface area (Å²) in [5.41, 5.74) is 0.429. The van der Waals surface area contributed by atoms with Crippen LogP contribution in [0.4, 0.5) is 4.39 Å². The molecule has 0 unspecified atom stereocenters. The molecule has 0 aliphatic rings. The van der Waals surface area contributed by atoms with Gasteiger partial charge < -0.3 is 0 Å². The van der Waals surface area contributed by atoms with Crippen LogP contribution in [0.1, 0.15) is 25.5 Å². The highest BCUT2D eigenvalue weighted by molar-refractivity contribution is 5.83. The predicted molar refractivity (Wildman–Crippen MR) is 56.4 cm³/mol. The van der Waals surface area contributed by atoms with Crippen LogP contribution >= 0.6 is 0 Å². The maximum Gasteiger partial charge on any atom is 0.272 e. The molecule has 0 amide bonds. The number of aromatic amines is 1. The quantitative estimate of drug-likeness (QED) is 0.777. The van der Waals surface area contributed by atoms with Gasteiger partial charge in [-0.15, -0.1) is 0 Å². The number of rotatable bonds is 1. The standard InChI is InChI=1S/C11H11FN2O/c1-6(2)10-8-4-3-7(12)5-9(8)11(15)14-13-10/h3-6H,1-2H3,(H,14,15). The zero-order valence-corrected chi connectivity index (χ0v) is 8.54. The van der Waals surface area contributed by atoms with Gasteiger partial charge in [0.25, 0.3) is 5.56 Å². The van der Waals surface area contributed by atoms with Crippen LogP contribution in [0, 0.1) is 5.82 Å². The van der Waals surface area contributed by atoms with Gasteiger partial charge in [0.15, 0.2) is 0 Å². The van der Waals surface area contributed by atoms with Crippen molar-refractivity contribution in [2.24, 2.45) is 0 Å². The summed E-state index contributed by atoms with van der Waals surface area (Å²) in [5, 5.41) is 7.43. The second kappa shape index (κ2) is 3.46. The molecule has 2 rings (SSSR count). The fourth-order valence-corrected chi connectivity index (χ4v) is 1.60. The van der Waals surface area contributed by atoms with Crippen molar-refractivity contribution in [1.82, 2.24) is 10.2 Å². The highest BCUT2D eigenvalue weighted by atomic mass is 19.1. The van der Waals surface area contributed by atoms with E-state index in [1.807, 2.05) is 13.8 Å². The van der Waals surface area contributed by atoms with Gasteiger partial charge in [0.05, 0.1) is 11.1 Å². The maximum absolute atomic E-state index is 13.0. The van der Waals surface area contributed by atoms with Crippen LogP contribution in [-0.2, 0) is 0 Å². The molecule has 1 aromatic heterocycles. The first-order valence-electron chi connectivity index (χ1n) is 4.77. The summed E-state index contributed by atoms with van der Waals surface area (Å²) in [6.45, 7) is 3.95. The third kappa shape index (κ3) is 1.63. The number of fused-ring (bicyclic) bond motifs is 1. The van der Waals surface area contributed by atoms with E-state index in [9.17, 15) is 9.18 Å². The van der Waals surface area contributed by atoms with Gasteiger partial charge in [-0.2, -0.15) is 5.10 Å². The molecule has 15 heavy (non-hydrogen) atoms. The lowest BCUT2D eigenvalue weighted by molar-refractivity contribution is 0.629. The number of hydrogen-bond acceptors (Lipinski definition) is 2. The summed E-state index contributed by atoms with van der Waals surface area (Å²) >= 11 is 0. The Bertz CT molecular complexity index is 560. The predicted octanol–water partition coefficient (Wildman–Crippen LogP) is 2.19. The lowest BCUT2D eigenvalue weighted by Gasteiger charge is -2.07. The molecule has 1 aromatic carbocycles. The van der Waals surface area contributed by atoms with Crippen LogP contribution in [0.15, 0.2) is 23.0 Å². The van der Waals surface area contributed by atoms with E-state index in [1.54, 1.807) is 6.07 Å². The van der Waals surface area contributed by atoms with Gasteiger partial charge >= 0.3 is 0 Å². The molecule has 1 N–H and O–H groups in total. The van der Waals surface area contributed by atoms with Crippen LogP contribution in [0.5, 0.6) is 0 Å². The molecule has 2 aromatic rings. The van der Waals surface area contributed by atoms with Gasteiger partial charge in [-0.3, -0.25) is 4.79 Å². The second-order valence-corrected chi connectivity index (χ2v) is 3.78. The Labute approximate surface area is 85.9 Å². The smallest absolute Gasteiger partial charge is 0.267 e. The van der Waals surface area contributed by atoms with Crippen molar-refractivity contribution >= 4 is 10.8 Å². The monoisotopic (exact) mass is 206 g/mol. The SMILES string of the molecule is CC(C)c1n[nH]c(=O)c2cc(F)ccc12. The van der Waals surface area contributed by atoms with Gasteiger partial charge in [0.2, 0.25) is 0 Å². The van der Waals surface area contributed by atoms with E-state index in [-0.39, 0.29) is 11.5 Å². The number of nitrogens with zero attached hydrogens (tertiary/aromatic N) is 1. The van der Waals surface area contributed by atoms with Gasteiger partial charge in [-0.25, -0.2) is 9.49 Å². The van der Waals surface area contributed by atoms with Crippen LogP contribution in [0.3, 0.4) is 0 Å². The lowest BCUT2D eigenvalue weighted by atomic mass is 10.0. The van der Waals surface area contributed by atoms with E-state index < -0.39 is 5.82 Å². The first-order chi connectivity index (χ1) is 7.09. The molecule has 4 heteroatoms. The van der Waals surface area contributed by atoms with Crippen molar-refractivity contribution < 1.29 is 4.39 Å². The van der Waals surface area contributed by atoms with Crippen molar-refractivity contribution in [2.75, 3.05) is 0 Å². The summed E-state index contributed by atoms with van der Waals surface area (Å²) in [7, 11) is 0. The summed E-state index contributed by atoms with van der Waals surface area (Å²) in [5.74, 6) is -0.219. The van der Waals surface area contributed by atoms with Gasteiger partial charge in [-0.1, -0.05) is 13.8 Å². The lowest BCUT2D eigenvalue weighted by Crippen LogP contribution is -2.12. The van der Waals surface area contributed by atoms with E-state index in [2.05, 4.69) is 10.2 Å². The molecule has 0 bridgehead atoms. The Kier molecular flexibility index (Phi) is 2.26. The molecular weight excluding hydrogens is 195 g/mol. The number of nitrogens with one attached hydrogen (secondary N) is 1. The summed E-state index contributed by atoms with van der Waals surface area (Å²) in [6, 6.07) is 4.18. The van der Waals surface area contributed by atoms with E-state index >= 15 is 0 Å². The molecule has 0 atom stereocenters. The van der Waals surface area contributed by atoms with E-state index in [1.165, 1.54) is 12.1 Å². The first kappa shape index (κ1) is 9.83. The molecule has 1 heterocycles. The molecule has 0 saturated carbocycles. The normalized spacial score (nSPS) is 11.2. The number of hydrogen-bond donors (Lipinski definition) is 1. The molecule has 0 fully saturated rings. The van der Waals surface area contributed by atoms with E-state index in [0.717, 1.165) is 11.1 Å². The topological polar surface area (TPSA) is 45.8 Å². The van der Waals surface area contributed by atoms with Crippen molar-refractivity contribution in [2.45, 2.75) is 19.8 Å². The molecule has 0 radical (unpaired) electrons. The second-order valence-electron chi connectivity index (χ2n) is 3.78. The molecule has 0 aliphatic heterocycles. The number of H-pyrrole nitrogens is 1. The van der Waals surface area contributed by atoms with Crippen LogP contribution < -0.4 is 5.56 Å². The summed E-state index contributed by atoms with van der Waals surface area (Å²) < 4.78 is 13.0. The highest BCUT2D eigenvalue weighted by Gasteiger charge is 2.09. The minimum atomic E-state index is -0.408. The average Bonchev–Trinajstić information content (AvgIpc) is 2.19. The van der Waals surface area contributed by atoms with Crippen molar-refractivity contribution in [3.63, 3.8) is 0 Å². The van der Waals surface area contributed by atoms with Crippen LogP contribution in [-0.4, -0.2) is 10.2 Å². The van der Waals surface area contributed by atoms with Gasteiger partial charge in [0.1, 0.15) is 5.82 Å². The zero-order valence-electron chi connectivity index (χ0n) is 8.54. The average molecular weight is 206 g/mol. The fraction of sp³-hybridized carbons (Fsp3) is 0.273. The third-order valence-electron chi connectivity index (χ3n) is 2.33. The largest absolute Gasteiger partial charge is 0.272 e. The Balaban J connectivity index is 2.89. The Morgan fingerprint density at radius 2 is 2.07 bits per heavy atom. The Hall–Kier alpha value is -1.71. The Morgan fingerprint density at radius 3 is 2.73 bits per heavy atom. The molecule has 0 spiro atoms. The zero-order chi connectivity index (χ0) is 11.0. The Morgan fingerprint density at radius 1 is 1.33 bits per heavy atom. The van der Waals surface area contributed by atoms with Gasteiger partial charge in [-0.05, 0) is 24.1 Å². The minimum Gasteiger partial charge on any atom is -0.267 e. The first-order valence-corrected chi connectivity index (χ1v) is 4.77. The molecular formula is C11H11FN2O. The maximum atomic E-state index is 13.0. The number of aromatic nitrogens is 2. The molecule has 3 nitrogen and oxygen atoms in total. The van der Waals surface area contributed by atoms with Crippen molar-refractivity contribution in [1.29, 1.82) is 0 Å². The molecule has 78 valence electrons. The fourth-order valence-electron chi connectivity index (χ4n) is 1.60. The number of halogens is 1. The molecule has 0 saturated heterocycles. The van der Waals surface area contributed by atoms with Crippen LogP contribution in [0.25, 0.3) is 10.8 Å². The van der Waals surface area contributed by atoms with Crippen LogP contribution in [0.2, 0.25) is 0 Å². The van der Waals surface area contributed by atoms with E-state index in [4.69, 9.17) is 0 Å². The van der Waals surface area contributed by atoms with Gasteiger partial charge in [0, 0.05) is 5.39 Å². The van der Waals surface area contributed by atoms with E-state index in [0.29, 0.717) is 5.39 Å². The third-order valence-corrected chi connectivity index (χ3v) is 2.33. The highest BCUT2D eigenvalue weighted by Crippen LogP contribution is 2.20. The molecule has 0 aliphatic carbocycles. The van der Waals surface area contributed by atoms with Crippen molar-refractivity contribution in [3.05, 3.63) is 40.1 Å². The number of benzene rings is 1. The summed E-state index contributed by atoms with van der Waals surface area (Å²) in [4.78, 5) is 11.4.